The third kappa shape index (κ3) is 4.95. The van der Waals surface area contributed by atoms with Crippen LogP contribution < -0.4 is 24.4 Å². The van der Waals surface area contributed by atoms with Gasteiger partial charge in [-0.15, -0.1) is 0 Å². The minimum absolute atomic E-state index is 0.149. The van der Waals surface area contributed by atoms with E-state index in [1.807, 2.05) is 13.0 Å². The van der Waals surface area contributed by atoms with Crippen LogP contribution in [0.1, 0.15) is 21.5 Å². The van der Waals surface area contributed by atoms with Gasteiger partial charge in [0, 0.05) is 0 Å². The molecule has 9 nitrogen and oxygen atoms in total. The van der Waals surface area contributed by atoms with Crippen LogP contribution in [0.3, 0.4) is 0 Å². The van der Waals surface area contributed by atoms with Gasteiger partial charge >= 0.3 is 12.0 Å². The maximum atomic E-state index is 13.1. The topological polar surface area (TPSA) is 111 Å². The van der Waals surface area contributed by atoms with Crippen molar-refractivity contribution in [1.82, 2.24) is 5.32 Å². The third-order valence-electron chi connectivity index (χ3n) is 5.39. The van der Waals surface area contributed by atoms with Crippen molar-refractivity contribution in [1.29, 1.82) is 0 Å². The molecule has 4 rings (SSSR count). The Balaban J connectivity index is 1.60. The summed E-state index contributed by atoms with van der Waals surface area (Å²) in [5.74, 6) is -1.22. The van der Waals surface area contributed by atoms with Gasteiger partial charge < -0.3 is 14.2 Å². The van der Waals surface area contributed by atoms with Crippen LogP contribution in [-0.2, 0) is 9.59 Å². The van der Waals surface area contributed by atoms with Crippen LogP contribution in [-0.4, -0.2) is 38.0 Å². The Morgan fingerprint density at radius 3 is 2.31 bits per heavy atom. The van der Waals surface area contributed by atoms with E-state index in [1.165, 1.54) is 32.4 Å². The summed E-state index contributed by atoms with van der Waals surface area (Å²) in [4.78, 5) is 51.4. The van der Waals surface area contributed by atoms with Gasteiger partial charge in [0.15, 0.2) is 11.5 Å². The van der Waals surface area contributed by atoms with E-state index in [0.29, 0.717) is 22.6 Å². The number of aryl methyl sites for hydroxylation is 1. The maximum Gasteiger partial charge on any atom is 0.343 e. The Labute approximate surface area is 206 Å². The summed E-state index contributed by atoms with van der Waals surface area (Å²) in [7, 11) is 2.92. The lowest BCUT2D eigenvalue weighted by Crippen LogP contribution is -2.54. The molecule has 1 heterocycles. The zero-order valence-corrected chi connectivity index (χ0v) is 19.7. The maximum absolute atomic E-state index is 13.1. The number of hydrogen-bond donors (Lipinski definition) is 1. The summed E-state index contributed by atoms with van der Waals surface area (Å²) >= 11 is 0. The molecule has 3 aromatic carbocycles. The number of carbonyl (C=O) groups excluding carboxylic acids is 4. The first-order valence-electron chi connectivity index (χ1n) is 10.8. The molecule has 0 aromatic heterocycles. The van der Waals surface area contributed by atoms with Crippen molar-refractivity contribution in [3.8, 4) is 17.2 Å². The molecule has 0 bridgehead atoms. The molecule has 1 N–H and O–H groups in total. The fraction of sp³-hybridized carbons (Fsp3) is 0.111. The number of nitrogens with one attached hydrogen (secondary N) is 1. The standard InChI is InChI=1S/C27H22N2O7/c1-16-5-4-6-19(13-16)29-25(31)21(24(30)28-27(29)33)14-17-7-12-22(23(15-17)35-3)36-26(32)18-8-10-20(34-2)11-9-18/h4-15H,1-3H3,(H,28,30,33). The largest absolute Gasteiger partial charge is 0.497 e. The molecule has 1 aliphatic rings. The first-order valence-corrected chi connectivity index (χ1v) is 10.8. The molecular formula is C27H22N2O7. The second-order valence-corrected chi connectivity index (χ2v) is 7.83. The van der Waals surface area contributed by atoms with E-state index in [4.69, 9.17) is 14.2 Å². The van der Waals surface area contributed by atoms with Crippen molar-refractivity contribution in [2.75, 3.05) is 19.1 Å². The third-order valence-corrected chi connectivity index (χ3v) is 5.39. The highest BCUT2D eigenvalue weighted by Gasteiger charge is 2.36. The molecule has 0 aliphatic carbocycles. The van der Waals surface area contributed by atoms with Crippen molar-refractivity contribution in [2.24, 2.45) is 0 Å². The van der Waals surface area contributed by atoms with Gasteiger partial charge in [-0.05, 0) is 72.7 Å². The molecule has 9 heteroatoms. The number of methoxy groups -OCH3 is 2. The first-order chi connectivity index (χ1) is 17.3. The lowest BCUT2D eigenvalue weighted by atomic mass is 10.1. The van der Waals surface area contributed by atoms with Crippen molar-refractivity contribution >= 4 is 35.6 Å². The monoisotopic (exact) mass is 486 g/mol. The van der Waals surface area contributed by atoms with Gasteiger partial charge in [-0.3, -0.25) is 14.9 Å². The molecule has 0 atom stereocenters. The molecule has 1 saturated heterocycles. The molecule has 0 spiro atoms. The fourth-order valence-electron chi connectivity index (χ4n) is 3.57. The number of nitrogens with zero attached hydrogens (tertiary/aromatic N) is 1. The highest BCUT2D eigenvalue weighted by Crippen LogP contribution is 2.31. The number of carbonyl (C=O) groups is 4. The molecule has 36 heavy (non-hydrogen) atoms. The summed E-state index contributed by atoms with van der Waals surface area (Å²) < 4.78 is 15.9. The zero-order valence-electron chi connectivity index (χ0n) is 19.7. The number of amides is 4. The minimum atomic E-state index is -0.828. The molecule has 3 aromatic rings. The van der Waals surface area contributed by atoms with Crippen LogP contribution >= 0.6 is 0 Å². The van der Waals surface area contributed by atoms with Gasteiger partial charge in [0.1, 0.15) is 11.3 Å². The number of anilines is 1. The second kappa shape index (κ2) is 10.1. The minimum Gasteiger partial charge on any atom is -0.497 e. The number of esters is 1. The number of benzene rings is 3. The van der Waals surface area contributed by atoms with E-state index in [9.17, 15) is 19.2 Å². The summed E-state index contributed by atoms with van der Waals surface area (Å²) in [5, 5.41) is 2.19. The number of rotatable bonds is 6. The molecule has 0 saturated carbocycles. The van der Waals surface area contributed by atoms with Gasteiger partial charge in [-0.1, -0.05) is 18.2 Å². The van der Waals surface area contributed by atoms with E-state index in [-0.39, 0.29) is 17.1 Å². The van der Waals surface area contributed by atoms with Crippen LogP contribution in [0.25, 0.3) is 6.08 Å². The van der Waals surface area contributed by atoms with Crippen molar-refractivity contribution in [3.05, 3.63) is 89.0 Å². The van der Waals surface area contributed by atoms with Gasteiger partial charge in [0.05, 0.1) is 25.5 Å². The summed E-state index contributed by atoms with van der Waals surface area (Å²) in [5.41, 5.74) is 1.69. The number of barbiturate groups is 1. The number of hydrogen-bond acceptors (Lipinski definition) is 7. The van der Waals surface area contributed by atoms with E-state index in [0.717, 1.165) is 10.5 Å². The van der Waals surface area contributed by atoms with Crippen molar-refractivity contribution in [2.45, 2.75) is 6.92 Å². The zero-order chi connectivity index (χ0) is 25.8. The van der Waals surface area contributed by atoms with Gasteiger partial charge in [-0.2, -0.15) is 0 Å². The predicted molar refractivity (Wildman–Crippen MR) is 131 cm³/mol. The summed E-state index contributed by atoms with van der Waals surface area (Å²) in [6.45, 7) is 1.83. The fourth-order valence-corrected chi connectivity index (χ4v) is 3.57. The molecule has 4 amide bonds. The first kappa shape index (κ1) is 24.2. The molecule has 0 unspecified atom stereocenters. The van der Waals surface area contributed by atoms with Crippen LogP contribution in [0.2, 0.25) is 0 Å². The highest BCUT2D eigenvalue weighted by molar-refractivity contribution is 6.39. The van der Waals surface area contributed by atoms with Crippen LogP contribution in [0.15, 0.2) is 72.3 Å². The smallest absolute Gasteiger partial charge is 0.343 e. The number of imide groups is 2. The molecule has 1 aliphatic heterocycles. The molecule has 1 fully saturated rings. The summed E-state index contributed by atoms with van der Waals surface area (Å²) in [6, 6.07) is 17.0. The average molecular weight is 486 g/mol. The number of urea groups is 1. The van der Waals surface area contributed by atoms with Gasteiger partial charge in [0.2, 0.25) is 0 Å². The quantitative estimate of drug-likeness (QED) is 0.243. The Kier molecular flexibility index (Phi) is 6.82. The molecule has 0 radical (unpaired) electrons. The Morgan fingerprint density at radius 1 is 0.889 bits per heavy atom. The average Bonchev–Trinajstić information content (AvgIpc) is 2.87. The van der Waals surface area contributed by atoms with Crippen molar-refractivity contribution in [3.63, 3.8) is 0 Å². The SMILES string of the molecule is COc1ccc(C(=O)Oc2ccc(C=C3C(=O)NC(=O)N(c4cccc(C)c4)C3=O)cc2OC)cc1. The Morgan fingerprint density at radius 2 is 1.64 bits per heavy atom. The number of ether oxygens (including phenoxy) is 3. The lowest BCUT2D eigenvalue weighted by molar-refractivity contribution is -0.122. The van der Waals surface area contributed by atoms with E-state index in [2.05, 4.69) is 5.32 Å². The van der Waals surface area contributed by atoms with Crippen molar-refractivity contribution < 1.29 is 33.4 Å². The van der Waals surface area contributed by atoms with Crippen LogP contribution in [0, 0.1) is 6.92 Å². The normalized spacial score (nSPS) is 14.5. The van der Waals surface area contributed by atoms with Gasteiger partial charge in [-0.25, -0.2) is 14.5 Å². The van der Waals surface area contributed by atoms with E-state index < -0.39 is 23.8 Å². The van der Waals surface area contributed by atoms with Crippen LogP contribution in [0.4, 0.5) is 10.5 Å². The van der Waals surface area contributed by atoms with Crippen LogP contribution in [0.5, 0.6) is 17.2 Å². The summed E-state index contributed by atoms with van der Waals surface area (Å²) in [6.07, 6.45) is 1.34. The Hall–Kier alpha value is -4.92. The second-order valence-electron chi connectivity index (χ2n) is 7.83. The van der Waals surface area contributed by atoms with E-state index in [1.54, 1.807) is 48.5 Å². The van der Waals surface area contributed by atoms with E-state index >= 15 is 0 Å². The molecule has 182 valence electrons. The van der Waals surface area contributed by atoms with Gasteiger partial charge in [0.25, 0.3) is 11.8 Å². The molecular weight excluding hydrogens is 464 g/mol. The highest BCUT2D eigenvalue weighted by atomic mass is 16.6. The lowest BCUT2D eigenvalue weighted by Gasteiger charge is -2.26. The Bertz CT molecular complexity index is 1390. The predicted octanol–water partition coefficient (Wildman–Crippen LogP) is 3.90.